The van der Waals surface area contributed by atoms with E-state index in [0.717, 1.165) is 35.5 Å². The van der Waals surface area contributed by atoms with Gasteiger partial charge in [-0.25, -0.2) is 13.4 Å². The zero-order valence-corrected chi connectivity index (χ0v) is 21.7. The van der Waals surface area contributed by atoms with Gasteiger partial charge in [0, 0.05) is 37.6 Å². The van der Waals surface area contributed by atoms with Crippen LogP contribution in [0.5, 0.6) is 0 Å². The second-order valence-corrected chi connectivity index (χ2v) is 12.5. The van der Waals surface area contributed by atoms with E-state index in [1.54, 1.807) is 37.6 Å². The molecule has 0 unspecified atom stereocenters. The van der Waals surface area contributed by atoms with E-state index in [1.165, 1.54) is 32.1 Å². The minimum Gasteiger partial charge on any atom is -0.385 e. The first-order chi connectivity index (χ1) is 16.2. The van der Waals surface area contributed by atoms with Gasteiger partial charge in [-0.15, -0.1) is 0 Å². The molecule has 34 heavy (non-hydrogen) atoms. The summed E-state index contributed by atoms with van der Waals surface area (Å²) in [5, 5.41) is 0. The van der Waals surface area contributed by atoms with Crippen molar-refractivity contribution in [3.05, 3.63) is 48.0 Å². The molecule has 0 atom stereocenters. The second-order valence-electron chi connectivity index (χ2n) is 10.5. The van der Waals surface area contributed by atoms with Crippen molar-refractivity contribution in [3.63, 3.8) is 0 Å². The molecular weight excluding hydrogens is 446 g/mol. The van der Waals surface area contributed by atoms with Gasteiger partial charge in [0.15, 0.2) is 0 Å². The van der Waals surface area contributed by atoms with Crippen LogP contribution in [-0.2, 0) is 33.0 Å². The van der Waals surface area contributed by atoms with E-state index in [1.807, 2.05) is 6.07 Å². The highest BCUT2D eigenvalue weighted by atomic mass is 32.2. The van der Waals surface area contributed by atoms with Gasteiger partial charge in [-0.1, -0.05) is 40.0 Å². The summed E-state index contributed by atoms with van der Waals surface area (Å²) in [6.07, 6.45) is 9.48. The summed E-state index contributed by atoms with van der Waals surface area (Å²) >= 11 is 0. The molecule has 3 aromatic rings. The Morgan fingerprint density at radius 1 is 1.06 bits per heavy atom. The van der Waals surface area contributed by atoms with Crippen LogP contribution in [0.15, 0.2) is 46.3 Å². The summed E-state index contributed by atoms with van der Waals surface area (Å²) in [4.78, 5) is 9.83. The van der Waals surface area contributed by atoms with Crippen LogP contribution in [0.1, 0.15) is 70.8 Å². The fourth-order valence-electron chi connectivity index (χ4n) is 4.96. The molecule has 1 saturated carbocycles. The van der Waals surface area contributed by atoms with Gasteiger partial charge < -0.3 is 9.30 Å². The van der Waals surface area contributed by atoms with E-state index < -0.39 is 9.84 Å². The van der Waals surface area contributed by atoms with Gasteiger partial charge >= 0.3 is 0 Å². The Morgan fingerprint density at radius 2 is 1.79 bits per heavy atom. The van der Waals surface area contributed by atoms with Gasteiger partial charge in [-0.2, -0.15) is 0 Å². The highest BCUT2D eigenvalue weighted by Crippen LogP contribution is 2.33. The highest BCUT2D eigenvalue weighted by Gasteiger charge is 2.27. The number of pyridine rings is 1. The van der Waals surface area contributed by atoms with E-state index in [9.17, 15) is 8.42 Å². The maximum absolute atomic E-state index is 13.5. The lowest BCUT2D eigenvalue weighted by atomic mass is 9.88. The predicted molar refractivity (Wildman–Crippen MR) is 135 cm³/mol. The minimum absolute atomic E-state index is 0.130. The Hall–Kier alpha value is -2.25. The maximum Gasteiger partial charge on any atom is 0.206 e. The van der Waals surface area contributed by atoms with Crippen LogP contribution in [0.4, 0.5) is 0 Å². The highest BCUT2D eigenvalue weighted by molar-refractivity contribution is 7.91. The van der Waals surface area contributed by atoms with Gasteiger partial charge in [0.1, 0.15) is 5.82 Å². The summed E-state index contributed by atoms with van der Waals surface area (Å²) in [5.41, 5.74) is 2.39. The molecule has 1 aliphatic carbocycles. The molecular formula is C27H37N3O3S. The van der Waals surface area contributed by atoms with Crippen molar-refractivity contribution < 1.29 is 13.2 Å². The molecule has 184 valence electrons. The monoisotopic (exact) mass is 483 g/mol. The molecule has 0 radical (unpaired) electrons. The first kappa shape index (κ1) is 24.9. The standard InChI is InChI=1S/C27H37N3O3S/c1-27(2,3)26-29-24-18-22(12-13-25(24)30(26)19-20-9-6-5-7-10-20)34(31,32)23-14-15-28-21(17-23)11-8-16-33-4/h12-15,17-18,20H,5-11,16,19H2,1-4H3. The molecule has 4 rings (SSSR count). The smallest absolute Gasteiger partial charge is 0.206 e. The summed E-state index contributed by atoms with van der Waals surface area (Å²) in [7, 11) is -2.01. The van der Waals surface area contributed by atoms with Crippen molar-refractivity contribution in [2.45, 2.75) is 87.5 Å². The van der Waals surface area contributed by atoms with E-state index in [0.29, 0.717) is 18.9 Å². The van der Waals surface area contributed by atoms with E-state index >= 15 is 0 Å². The topological polar surface area (TPSA) is 74.1 Å². The van der Waals surface area contributed by atoms with Crippen LogP contribution in [0, 0.1) is 5.92 Å². The predicted octanol–water partition coefficient (Wildman–Crippen LogP) is 5.72. The number of hydrogen-bond donors (Lipinski definition) is 0. The molecule has 1 aliphatic rings. The SMILES string of the molecule is COCCCc1cc(S(=O)(=O)c2ccc3c(c2)nc(C(C)(C)C)n3CC2CCCCC2)ccn1. The molecule has 7 heteroatoms. The molecule has 0 saturated heterocycles. The fraction of sp³-hybridized carbons (Fsp3) is 0.556. The van der Waals surface area contributed by atoms with Crippen molar-refractivity contribution in [3.8, 4) is 0 Å². The minimum atomic E-state index is -3.67. The van der Waals surface area contributed by atoms with Crippen LogP contribution in [0.3, 0.4) is 0 Å². The number of nitrogens with zero attached hydrogens (tertiary/aromatic N) is 3. The molecule has 0 aliphatic heterocycles. The number of benzene rings is 1. The number of methoxy groups -OCH3 is 1. The average Bonchev–Trinajstić information content (AvgIpc) is 3.18. The Balaban J connectivity index is 1.70. The molecule has 0 N–H and O–H groups in total. The molecule has 1 fully saturated rings. The lowest BCUT2D eigenvalue weighted by Gasteiger charge is -2.26. The average molecular weight is 484 g/mol. The lowest BCUT2D eigenvalue weighted by Crippen LogP contribution is -2.22. The summed E-state index contributed by atoms with van der Waals surface area (Å²) in [5.74, 6) is 1.68. The summed E-state index contributed by atoms with van der Waals surface area (Å²) in [6, 6.07) is 8.66. The second kappa shape index (κ2) is 10.2. The largest absolute Gasteiger partial charge is 0.385 e. The molecule has 1 aromatic carbocycles. The molecule has 0 bridgehead atoms. The van der Waals surface area contributed by atoms with Crippen molar-refractivity contribution in [1.82, 2.24) is 14.5 Å². The normalized spacial score (nSPS) is 15.8. The van der Waals surface area contributed by atoms with Crippen LogP contribution >= 0.6 is 0 Å². The van der Waals surface area contributed by atoms with Crippen molar-refractivity contribution in [2.75, 3.05) is 13.7 Å². The van der Waals surface area contributed by atoms with E-state index in [4.69, 9.17) is 9.72 Å². The zero-order valence-electron chi connectivity index (χ0n) is 20.9. The molecule has 2 heterocycles. The van der Waals surface area contributed by atoms with Crippen LogP contribution in [0.2, 0.25) is 0 Å². The number of fused-ring (bicyclic) bond motifs is 1. The van der Waals surface area contributed by atoms with Crippen LogP contribution < -0.4 is 0 Å². The number of aryl methyl sites for hydroxylation is 1. The Bertz CT molecular complexity index is 1240. The van der Waals surface area contributed by atoms with E-state index in [-0.39, 0.29) is 15.2 Å². The quantitative estimate of drug-likeness (QED) is 0.383. The fourth-order valence-corrected chi connectivity index (χ4v) is 6.27. The number of hydrogen-bond acceptors (Lipinski definition) is 5. The molecule has 2 aromatic heterocycles. The van der Waals surface area contributed by atoms with Gasteiger partial charge in [-0.3, -0.25) is 4.98 Å². The molecule has 0 amide bonds. The first-order valence-corrected chi connectivity index (χ1v) is 13.9. The van der Waals surface area contributed by atoms with Crippen molar-refractivity contribution in [1.29, 1.82) is 0 Å². The van der Waals surface area contributed by atoms with E-state index in [2.05, 4.69) is 30.3 Å². The zero-order chi connectivity index (χ0) is 24.3. The van der Waals surface area contributed by atoms with Gasteiger partial charge in [0.2, 0.25) is 9.84 Å². The number of ether oxygens (including phenoxy) is 1. The Morgan fingerprint density at radius 3 is 2.50 bits per heavy atom. The third-order valence-corrected chi connectivity index (χ3v) is 8.50. The number of rotatable bonds is 8. The van der Waals surface area contributed by atoms with Gasteiger partial charge in [0.05, 0.1) is 20.8 Å². The summed E-state index contributed by atoms with van der Waals surface area (Å²) in [6.45, 7) is 8.08. The van der Waals surface area contributed by atoms with Crippen molar-refractivity contribution in [2.24, 2.45) is 5.92 Å². The Kier molecular flexibility index (Phi) is 7.43. The lowest BCUT2D eigenvalue weighted by molar-refractivity contribution is 0.195. The number of sulfone groups is 1. The number of aromatic nitrogens is 3. The van der Waals surface area contributed by atoms with Gasteiger partial charge in [0.25, 0.3) is 0 Å². The third kappa shape index (κ3) is 5.36. The van der Waals surface area contributed by atoms with Crippen LogP contribution in [0.25, 0.3) is 11.0 Å². The first-order valence-electron chi connectivity index (χ1n) is 12.4. The molecule has 6 nitrogen and oxygen atoms in total. The summed E-state index contributed by atoms with van der Waals surface area (Å²) < 4.78 is 34.4. The maximum atomic E-state index is 13.5. The third-order valence-electron chi connectivity index (χ3n) is 6.75. The molecule has 0 spiro atoms. The number of imidazole rings is 1. The Labute approximate surface area is 203 Å². The van der Waals surface area contributed by atoms with Crippen molar-refractivity contribution >= 4 is 20.9 Å². The van der Waals surface area contributed by atoms with Crippen LogP contribution in [-0.4, -0.2) is 36.7 Å². The van der Waals surface area contributed by atoms with Gasteiger partial charge in [-0.05, 0) is 61.9 Å².